The Morgan fingerprint density at radius 1 is 0.681 bits per heavy atom. The Morgan fingerprint density at radius 2 is 1.32 bits per heavy atom. The fraction of sp³-hybridized carbons (Fsp3) is 0.278. The van der Waals surface area contributed by atoms with E-state index in [1.54, 1.807) is 46.9 Å². The molecule has 0 saturated heterocycles. The van der Waals surface area contributed by atoms with Gasteiger partial charge in [-0.25, -0.2) is 4.98 Å². The lowest BCUT2D eigenvalue weighted by molar-refractivity contribution is 0.0854. The Morgan fingerprint density at radius 3 is 1.98 bits per heavy atom. The summed E-state index contributed by atoms with van der Waals surface area (Å²) in [5, 5.41) is 5.30. The van der Waals surface area contributed by atoms with Gasteiger partial charge in [0.2, 0.25) is 5.75 Å². The molecule has 47 heavy (non-hydrogen) atoms. The zero-order valence-corrected chi connectivity index (χ0v) is 27.7. The average Bonchev–Trinajstić information content (AvgIpc) is 3.79. The Kier molecular flexibility index (Phi) is 9.82. The summed E-state index contributed by atoms with van der Waals surface area (Å²) in [5.74, 6) is 4.19. The van der Waals surface area contributed by atoms with Gasteiger partial charge in [-0.1, -0.05) is 23.4 Å². The van der Waals surface area contributed by atoms with Gasteiger partial charge in [-0.15, -0.1) is 11.3 Å². The molecule has 0 spiro atoms. The van der Waals surface area contributed by atoms with Crippen molar-refractivity contribution in [3.05, 3.63) is 83.9 Å². The molecule has 244 valence electrons. The van der Waals surface area contributed by atoms with Crippen molar-refractivity contribution in [1.82, 2.24) is 4.98 Å². The van der Waals surface area contributed by atoms with Crippen molar-refractivity contribution in [2.24, 2.45) is 5.16 Å². The van der Waals surface area contributed by atoms with Crippen LogP contribution in [0.5, 0.6) is 40.2 Å². The second kappa shape index (κ2) is 14.5. The van der Waals surface area contributed by atoms with Crippen LogP contribution in [-0.4, -0.2) is 59.5 Å². The number of hydrogen-bond donors (Lipinski definition) is 0. The molecule has 2 heterocycles. The molecule has 1 aliphatic heterocycles. The highest BCUT2D eigenvalue weighted by atomic mass is 32.1. The molecule has 6 rings (SSSR count). The van der Waals surface area contributed by atoms with Crippen LogP contribution in [0.2, 0.25) is 0 Å². The van der Waals surface area contributed by atoms with Crippen LogP contribution in [-0.2, 0) is 4.84 Å². The molecule has 1 atom stereocenters. The van der Waals surface area contributed by atoms with E-state index in [0.29, 0.717) is 66.3 Å². The molecule has 11 heteroatoms. The summed E-state index contributed by atoms with van der Waals surface area (Å²) < 4.78 is 41.0. The topological polar surface area (TPSA) is 99.1 Å². The van der Waals surface area contributed by atoms with Gasteiger partial charge in [0.25, 0.3) is 0 Å². The summed E-state index contributed by atoms with van der Waals surface area (Å²) in [7, 11) is 8.00. The SMILES string of the molecule is COc1ccc(-c2nc3ccccc3s2)cc1OCCCOc1cc(C2CC(c3cc(OC)c(OC)c(OC)c3)=NO2)ccc1OC. The number of oxime groups is 1. The van der Waals surface area contributed by atoms with E-state index in [-0.39, 0.29) is 6.10 Å². The zero-order chi connectivity index (χ0) is 32.8. The molecule has 5 aromatic rings. The predicted octanol–water partition coefficient (Wildman–Crippen LogP) is 7.72. The van der Waals surface area contributed by atoms with Gasteiger partial charge in [-0.2, -0.15) is 0 Å². The minimum absolute atomic E-state index is 0.296. The van der Waals surface area contributed by atoms with E-state index in [1.165, 1.54) is 0 Å². The standard InChI is InChI=1S/C36H36N2O8S/c1-39-27-13-11-22(29-21-26(38-46-29)24-19-32(41-3)35(43-5)33(20-24)42-4)17-30(27)44-15-8-16-45-31-18-23(12-14-28(31)40-2)36-37-25-9-6-7-10-34(25)47-36/h6-7,9-14,17-20,29H,8,15-16,21H2,1-5H3. The van der Waals surface area contributed by atoms with E-state index >= 15 is 0 Å². The quantitative estimate of drug-likeness (QED) is 0.111. The van der Waals surface area contributed by atoms with Crippen molar-refractivity contribution in [3.63, 3.8) is 0 Å². The maximum atomic E-state index is 6.16. The molecule has 1 unspecified atom stereocenters. The normalized spacial score (nSPS) is 13.9. The molecule has 0 radical (unpaired) electrons. The first kappa shape index (κ1) is 31.8. The Bertz CT molecular complexity index is 1830. The van der Waals surface area contributed by atoms with Gasteiger partial charge in [0.15, 0.2) is 40.6 Å². The molecule has 0 bridgehead atoms. The molecule has 0 amide bonds. The third-order valence-corrected chi connectivity index (χ3v) is 8.82. The maximum Gasteiger partial charge on any atom is 0.203 e. The Hall–Kier alpha value is -5.16. The summed E-state index contributed by atoms with van der Waals surface area (Å²) in [5.41, 5.74) is 4.47. The molecule has 1 aromatic heterocycles. The number of nitrogens with zero attached hydrogens (tertiary/aromatic N) is 2. The van der Waals surface area contributed by atoms with Crippen molar-refractivity contribution >= 4 is 27.3 Å². The van der Waals surface area contributed by atoms with Crippen LogP contribution in [0.1, 0.15) is 30.1 Å². The summed E-state index contributed by atoms with van der Waals surface area (Å²) in [6.07, 6.45) is 0.891. The number of methoxy groups -OCH3 is 5. The van der Waals surface area contributed by atoms with E-state index in [9.17, 15) is 0 Å². The average molecular weight is 657 g/mol. The van der Waals surface area contributed by atoms with E-state index < -0.39 is 0 Å². The number of fused-ring (bicyclic) bond motifs is 1. The van der Waals surface area contributed by atoms with Crippen LogP contribution in [0.3, 0.4) is 0 Å². The number of benzene rings is 4. The first-order valence-electron chi connectivity index (χ1n) is 15.1. The molecule has 0 fully saturated rings. The molecule has 0 aliphatic carbocycles. The molecule has 0 N–H and O–H groups in total. The largest absolute Gasteiger partial charge is 0.493 e. The second-order valence-corrected chi connectivity index (χ2v) is 11.6. The summed E-state index contributed by atoms with van der Waals surface area (Å²) in [6.45, 7) is 0.845. The van der Waals surface area contributed by atoms with Crippen LogP contribution in [0.4, 0.5) is 0 Å². The van der Waals surface area contributed by atoms with Crippen LogP contribution < -0.4 is 33.2 Å². The lowest BCUT2D eigenvalue weighted by Gasteiger charge is -2.15. The fourth-order valence-electron chi connectivity index (χ4n) is 5.32. The van der Waals surface area contributed by atoms with Crippen LogP contribution in [0, 0.1) is 0 Å². The highest BCUT2D eigenvalue weighted by Gasteiger charge is 2.27. The van der Waals surface area contributed by atoms with Crippen molar-refractivity contribution in [2.45, 2.75) is 18.9 Å². The van der Waals surface area contributed by atoms with Gasteiger partial charge in [-0.3, -0.25) is 0 Å². The molecule has 1 aliphatic rings. The molecule has 0 saturated carbocycles. The Labute approximate surface area is 277 Å². The first-order chi connectivity index (χ1) is 23.0. The molecule has 10 nitrogen and oxygen atoms in total. The van der Waals surface area contributed by atoms with Crippen molar-refractivity contribution in [3.8, 4) is 50.8 Å². The first-order valence-corrected chi connectivity index (χ1v) is 15.9. The maximum absolute atomic E-state index is 6.16. The van der Waals surface area contributed by atoms with Gasteiger partial charge in [-0.05, 0) is 60.2 Å². The zero-order valence-electron chi connectivity index (χ0n) is 26.9. The van der Waals surface area contributed by atoms with Gasteiger partial charge < -0.3 is 38.0 Å². The van der Waals surface area contributed by atoms with Gasteiger partial charge in [0.05, 0.1) is 64.7 Å². The van der Waals surface area contributed by atoms with Gasteiger partial charge in [0, 0.05) is 24.0 Å². The minimum atomic E-state index is -0.296. The third kappa shape index (κ3) is 6.85. The number of ether oxygens (including phenoxy) is 7. The number of para-hydroxylation sites is 1. The van der Waals surface area contributed by atoms with Crippen LogP contribution in [0.15, 0.2) is 78.0 Å². The lowest BCUT2D eigenvalue weighted by atomic mass is 9.99. The summed E-state index contributed by atoms with van der Waals surface area (Å²) in [4.78, 5) is 10.6. The number of rotatable bonds is 14. The molecular weight excluding hydrogens is 620 g/mol. The summed E-state index contributed by atoms with van der Waals surface area (Å²) >= 11 is 1.65. The van der Waals surface area contributed by atoms with E-state index in [0.717, 1.165) is 37.6 Å². The van der Waals surface area contributed by atoms with E-state index in [2.05, 4.69) is 11.2 Å². The monoisotopic (exact) mass is 656 g/mol. The molecule has 4 aromatic carbocycles. The van der Waals surface area contributed by atoms with Crippen molar-refractivity contribution in [2.75, 3.05) is 48.8 Å². The lowest BCUT2D eigenvalue weighted by Crippen LogP contribution is -2.07. The minimum Gasteiger partial charge on any atom is -0.493 e. The number of hydrogen-bond acceptors (Lipinski definition) is 11. The highest BCUT2D eigenvalue weighted by molar-refractivity contribution is 7.21. The van der Waals surface area contributed by atoms with E-state index in [4.69, 9.17) is 43.0 Å². The van der Waals surface area contributed by atoms with Crippen molar-refractivity contribution < 1.29 is 38.0 Å². The van der Waals surface area contributed by atoms with Crippen LogP contribution >= 0.6 is 11.3 Å². The van der Waals surface area contributed by atoms with Gasteiger partial charge >= 0.3 is 0 Å². The smallest absolute Gasteiger partial charge is 0.203 e. The van der Waals surface area contributed by atoms with Crippen LogP contribution in [0.25, 0.3) is 20.8 Å². The van der Waals surface area contributed by atoms with E-state index in [1.807, 2.05) is 66.7 Å². The fourth-order valence-corrected chi connectivity index (χ4v) is 6.28. The number of thiazole rings is 1. The highest BCUT2D eigenvalue weighted by Crippen LogP contribution is 2.41. The second-order valence-electron chi connectivity index (χ2n) is 10.6. The number of aromatic nitrogens is 1. The Balaban J connectivity index is 1.07. The summed E-state index contributed by atoms with van der Waals surface area (Å²) in [6, 6.07) is 23.5. The molecular formula is C36H36N2O8S. The van der Waals surface area contributed by atoms with Crippen molar-refractivity contribution in [1.29, 1.82) is 0 Å². The third-order valence-electron chi connectivity index (χ3n) is 7.73. The predicted molar refractivity (Wildman–Crippen MR) is 181 cm³/mol. The van der Waals surface area contributed by atoms with Gasteiger partial charge in [0.1, 0.15) is 5.01 Å².